The zero-order chi connectivity index (χ0) is 14.9. The number of aromatic nitrogens is 3. The van der Waals surface area contributed by atoms with Crippen LogP contribution in [0, 0.1) is 0 Å². The first kappa shape index (κ1) is 13.3. The first-order valence-electron chi connectivity index (χ1n) is 7.59. The number of aromatic amines is 1. The van der Waals surface area contributed by atoms with E-state index in [2.05, 4.69) is 32.2 Å². The van der Waals surface area contributed by atoms with Gasteiger partial charge >= 0.3 is 0 Å². The topological polar surface area (TPSA) is 65.0 Å². The fourth-order valence-electron chi connectivity index (χ4n) is 3.35. The van der Waals surface area contributed by atoms with Crippen molar-refractivity contribution >= 4 is 16.7 Å². The van der Waals surface area contributed by atoms with Gasteiger partial charge < -0.3 is 10.0 Å². The van der Waals surface area contributed by atoms with Crippen LogP contribution in [0.3, 0.4) is 0 Å². The third-order valence-corrected chi connectivity index (χ3v) is 4.48. The lowest BCUT2D eigenvalue weighted by Gasteiger charge is -2.37. The van der Waals surface area contributed by atoms with Crippen molar-refractivity contribution in [3.63, 3.8) is 0 Å². The van der Waals surface area contributed by atoms with E-state index in [1.54, 1.807) is 12.4 Å². The Balaban J connectivity index is 1.59. The lowest BCUT2D eigenvalue weighted by atomic mass is 9.87. The number of nitrogens with zero attached hydrogens (tertiary/aromatic N) is 3. The van der Waals surface area contributed by atoms with E-state index in [0.717, 1.165) is 29.7 Å². The van der Waals surface area contributed by atoms with Crippen LogP contribution in [0.2, 0.25) is 0 Å². The molecule has 1 fully saturated rings. The number of aliphatic hydroxyl groups is 1. The third kappa shape index (κ3) is 2.23. The van der Waals surface area contributed by atoms with Gasteiger partial charge in [-0.1, -0.05) is 30.3 Å². The van der Waals surface area contributed by atoms with Crippen LogP contribution in [0.4, 0.5) is 5.69 Å². The number of hydrogen-bond donors (Lipinski definition) is 2. The van der Waals surface area contributed by atoms with Gasteiger partial charge in [0.2, 0.25) is 0 Å². The Labute approximate surface area is 128 Å². The zero-order valence-corrected chi connectivity index (χ0v) is 12.2. The summed E-state index contributed by atoms with van der Waals surface area (Å²) in [6.07, 6.45) is 4.15. The summed E-state index contributed by atoms with van der Waals surface area (Å²) in [4.78, 5) is 6.50. The minimum absolute atomic E-state index is 0.208. The predicted octanol–water partition coefficient (Wildman–Crippen LogP) is 2.31. The molecule has 112 valence electrons. The molecule has 3 heterocycles. The highest BCUT2D eigenvalue weighted by atomic mass is 16.3. The second kappa shape index (κ2) is 5.42. The number of piperidine rings is 1. The molecule has 0 aliphatic carbocycles. The average molecular weight is 294 g/mol. The summed E-state index contributed by atoms with van der Waals surface area (Å²) in [5.74, 6) is 0.208. The van der Waals surface area contributed by atoms with E-state index < -0.39 is 0 Å². The third-order valence-electron chi connectivity index (χ3n) is 4.48. The van der Waals surface area contributed by atoms with Crippen molar-refractivity contribution in [2.75, 3.05) is 18.0 Å². The Hall–Kier alpha value is -2.40. The fourth-order valence-corrected chi connectivity index (χ4v) is 3.35. The molecule has 4 rings (SSSR count). The molecule has 5 heteroatoms. The van der Waals surface area contributed by atoms with Crippen LogP contribution in [0.1, 0.15) is 17.9 Å². The second-order valence-electron chi connectivity index (χ2n) is 5.78. The van der Waals surface area contributed by atoms with Gasteiger partial charge in [-0.3, -0.25) is 5.10 Å². The molecule has 22 heavy (non-hydrogen) atoms. The van der Waals surface area contributed by atoms with Crippen molar-refractivity contribution < 1.29 is 5.11 Å². The summed E-state index contributed by atoms with van der Waals surface area (Å²) in [6.45, 7) is 1.55. The average Bonchev–Trinajstić information content (AvgIpc) is 3.04. The Bertz CT molecular complexity index is 770. The van der Waals surface area contributed by atoms with E-state index in [0.29, 0.717) is 6.54 Å². The standard InChI is InChI=1S/C17H18N4O/c22-16-11-21(9-7-13(16)12-4-2-1-3-5-12)15-6-8-18-17-14(15)10-19-20-17/h1-6,8,10,13,16,22H,7,9,11H2,(H,18,19,20)/t13-,16+/m0/s1. The van der Waals surface area contributed by atoms with Gasteiger partial charge in [0.15, 0.2) is 5.65 Å². The van der Waals surface area contributed by atoms with E-state index in [1.165, 1.54) is 5.56 Å². The van der Waals surface area contributed by atoms with Gasteiger partial charge in [-0.2, -0.15) is 5.10 Å². The number of rotatable bonds is 2. The van der Waals surface area contributed by atoms with Gasteiger partial charge in [0, 0.05) is 25.2 Å². The number of β-amino-alcohol motifs (C(OH)–C–C–N with tert-alkyl or cyclic N) is 1. The van der Waals surface area contributed by atoms with E-state index >= 15 is 0 Å². The number of pyridine rings is 1. The first-order valence-corrected chi connectivity index (χ1v) is 7.59. The lowest BCUT2D eigenvalue weighted by Crippen LogP contribution is -2.42. The minimum Gasteiger partial charge on any atom is -0.391 e. The molecular weight excluding hydrogens is 276 g/mol. The molecule has 1 aliphatic heterocycles. The number of hydrogen-bond acceptors (Lipinski definition) is 4. The van der Waals surface area contributed by atoms with Gasteiger partial charge in [-0.15, -0.1) is 0 Å². The molecule has 2 N–H and O–H groups in total. The Kier molecular flexibility index (Phi) is 3.27. The maximum atomic E-state index is 10.6. The molecule has 0 saturated carbocycles. The minimum atomic E-state index is -0.369. The van der Waals surface area contributed by atoms with E-state index in [9.17, 15) is 5.11 Å². The highest BCUT2D eigenvalue weighted by Crippen LogP contribution is 2.32. The molecule has 0 unspecified atom stereocenters. The van der Waals surface area contributed by atoms with Crippen LogP contribution in [0.5, 0.6) is 0 Å². The Morgan fingerprint density at radius 2 is 2.05 bits per heavy atom. The van der Waals surface area contributed by atoms with Crippen LogP contribution >= 0.6 is 0 Å². The monoisotopic (exact) mass is 294 g/mol. The lowest BCUT2D eigenvalue weighted by molar-refractivity contribution is 0.130. The molecule has 1 aliphatic rings. The molecule has 3 aromatic rings. The molecule has 0 amide bonds. The SMILES string of the molecule is O[C@@H]1CN(c2ccnc3[nH]ncc23)CC[C@H]1c1ccccc1. The first-order chi connectivity index (χ1) is 10.8. The van der Waals surface area contributed by atoms with Gasteiger partial charge in [0.1, 0.15) is 0 Å². The largest absolute Gasteiger partial charge is 0.391 e. The highest BCUT2D eigenvalue weighted by molar-refractivity contribution is 5.88. The molecule has 5 nitrogen and oxygen atoms in total. The van der Waals surface area contributed by atoms with Crippen molar-refractivity contribution in [1.29, 1.82) is 0 Å². The van der Waals surface area contributed by atoms with Gasteiger partial charge in [0.25, 0.3) is 0 Å². The molecule has 2 aromatic heterocycles. The summed E-state index contributed by atoms with van der Waals surface area (Å²) in [5.41, 5.74) is 3.10. The normalized spacial score (nSPS) is 22.1. The van der Waals surface area contributed by atoms with Crippen molar-refractivity contribution in [1.82, 2.24) is 15.2 Å². The predicted molar refractivity (Wildman–Crippen MR) is 85.9 cm³/mol. The molecule has 0 radical (unpaired) electrons. The summed E-state index contributed by atoms with van der Waals surface area (Å²) >= 11 is 0. The van der Waals surface area contributed by atoms with Gasteiger partial charge in [-0.25, -0.2) is 4.98 Å². The van der Waals surface area contributed by atoms with Crippen molar-refractivity contribution in [3.05, 3.63) is 54.4 Å². The summed E-state index contributed by atoms with van der Waals surface area (Å²) in [6, 6.07) is 12.3. The van der Waals surface area contributed by atoms with Crippen molar-refractivity contribution in [2.24, 2.45) is 0 Å². The van der Waals surface area contributed by atoms with E-state index in [4.69, 9.17) is 0 Å². The Morgan fingerprint density at radius 1 is 1.18 bits per heavy atom. The quantitative estimate of drug-likeness (QED) is 0.761. The zero-order valence-electron chi connectivity index (χ0n) is 12.2. The van der Waals surface area contributed by atoms with Crippen LogP contribution in [-0.4, -0.2) is 39.5 Å². The smallest absolute Gasteiger partial charge is 0.157 e. The molecule has 0 bridgehead atoms. The van der Waals surface area contributed by atoms with Crippen LogP contribution in [-0.2, 0) is 0 Å². The maximum Gasteiger partial charge on any atom is 0.157 e. The molecule has 0 spiro atoms. The highest BCUT2D eigenvalue weighted by Gasteiger charge is 2.29. The summed E-state index contributed by atoms with van der Waals surface area (Å²) in [7, 11) is 0. The summed E-state index contributed by atoms with van der Waals surface area (Å²) in [5, 5.41) is 18.6. The maximum absolute atomic E-state index is 10.6. The van der Waals surface area contributed by atoms with Crippen LogP contribution < -0.4 is 4.90 Å². The molecule has 2 atom stereocenters. The van der Waals surface area contributed by atoms with Crippen molar-refractivity contribution in [2.45, 2.75) is 18.4 Å². The number of aliphatic hydroxyl groups excluding tert-OH is 1. The molecular formula is C17H18N4O. The van der Waals surface area contributed by atoms with Crippen molar-refractivity contribution in [3.8, 4) is 0 Å². The Morgan fingerprint density at radius 3 is 2.86 bits per heavy atom. The van der Waals surface area contributed by atoms with Crippen LogP contribution in [0.15, 0.2) is 48.8 Å². The van der Waals surface area contributed by atoms with Crippen LogP contribution in [0.25, 0.3) is 11.0 Å². The second-order valence-corrected chi connectivity index (χ2v) is 5.78. The number of nitrogens with one attached hydrogen (secondary N) is 1. The van der Waals surface area contributed by atoms with E-state index in [-0.39, 0.29) is 12.0 Å². The molecule has 1 aromatic carbocycles. The summed E-state index contributed by atoms with van der Waals surface area (Å²) < 4.78 is 0. The number of H-pyrrole nitrogens is 1. The van der Waals surface area contributed by atoms with Gasteiger partial charge in [0.05, 0.1) is 23.4 Å². The van der Waals surface area contributed by atoms with Gasteiger partial charge in [-0.05, 0) is 18.1 Å². The van der Waals surface area contributed by atoms with E-state index in [1.807, 2.05) is 24.3 Å². The molecule has 1 saturated heterocycles. The number of benzene rings is 1. The fraction of sp³-hybridized carbons (Fsp3) is 0.294. The number of anilines is 1. The number of fused-ring (bicyclic) bond motifs is 1.